The molecule has 5 rings (SSSR count). The van der Waals surface area contributed by atoms with Crippen LogP contribution in [0.1, 0.15) is 28.8 Å². The second kappa shape index (κ2) is 9.43. The van der Waals surface area contributed by atoms with Gasteiger partial charge >= 0.3 is 5.97 Å². The predicted molar refractivity (Wildman–Crippen MR) is 136 cm³/mol. The number of halogens is 1. The lowest BCUT2D eigenvalue weighted by molar-refractivity contribution is 0.0695. The quantitative estimate of drug-likeness (QED) is 0.406. The molecule has 8 heteroatoms. The minimum atomic E-state index is -1.27. The van der Waals surface area contributed by atoms with Crippen LogP contribution in [0.25, 0.3) is 16.6 Å². The van der Waals surface area contributed by atoms with Gasteiger partial charge in [0.25, 0.3) is 0 Å². The average molecular weight is 490 g/mol. The molecule has 1 aliphatic heterocycles. The molecule has 0 bridgehead atoms. The van der Waals surface area contributed by atoms with Gasteiger partial charge in [0.05, 0.1) is 22.3 Å². The van der Waals surface area contributed by atoms with Gasteiger partial charge in [-0.3, -0.25) is 4.79 Å². The molecule has 0 saturated carbocycles. The second-order valence-electron chi connectivity index (χ2n) is 8.63. The van der Waals surface area contributed by atoms with Crippen molar-refractivity contribution in [2.24, 2.45) is 0 Å². The monoisotopic (exact) mass is 489 g/mol. The van der Waals surface area contributed by atoms with Gasteiger partial charge in [-0.25, -0.2) is 9.78 Å². The Morgan fingerprint density at radius 3 is 2.74 bits per heavy atom. The van der Waals surface area contributed by atoms with E-state index in [1.54, 1.807) is 16.8 Å². The number of aryl methyl sites for hydroxylation is 1. The Morgan fingerprint density at radius 1 is 1.20 bits per heavy atom. The summed E-state index contributed by atoms with van der Waals surface area (Å²) >= 11 is 6.70. The molecule has 0 amide bonds. The minimum Gasteiger partial charge on any atom is -0.477 e. The van der Waals surface area contributed by atoms with Crippen molar-refractivity contribution < 1.29 is 14.6 Å². The lowest BCUT2D eigenvalue weighted by Crippen LogP contribution is -2.34. The smallest absolute Gasteiger partial charge is 0.341 e. The number of carboxylic acid groups (broad SMARTS) is 1. The van der Waals surface area contributed by atoms with Crippen LogP contribution < -0.4 is 15.1 Å². The van der Waals surface area contributed by atoms with Gasteiger partial charge in [0, 0.05) is 35.6 Å². The number of anilines is 1. The molecule has 0 radical (unpaired) electrons. The van der Waals surface area contributed by atoms with Crippen LogP contribution >= 0.6 is 11.6 Å². The molecule has 178 valence electrons. The lowest BCUT2D eigenvalue weighted by atomic mass is 10.1. The summed E-state index contributed by atoms with van der Waals surface area (Å²) in [5.74, 6) is -0.661. The molecule has 1 saturated heterocycles. The number of ether oxygens (including phenoxy) is 1. The van der Waals surface area contributed by atoms with Crippen molar-refractivity contribution >= 4 is 34.2 Å². The third kappa shape index (κ3) is 4.35. The molecule has 1 atom stereocenters. The average Bonchev–Trinajstić information content (AvgIpc) is 3.32. The number of fused-ring (bicyclic) bond motifs is 1. The number of hydrogen-bond donors (Lipinski definition) is 1. The molecule has 1 fully saturated rings. The standard InChI is InChI=1S/C27H24ClN3O4/c1-17-7-5-11-29-26(17)35-16-19-10-6-12-30(19)24-14-23-20(13-22(24)28)25(32)21(27(33)34)15-31(23)18-8-3-2-4-9-18/h2-5,7-9,11,13-15,19H,6,10,12,16H2,1H3,(H,33,34)/t19-/m1/s1. The number of benzene rings is 2. The van der Waals surface area contributed by atoms with Crippen LogP contribution in [-0.4, -0.2) is 39.8 Å². The van der Waals surface area contributed by atoms with Crippen LogP contribution in [0.2, 0.25) is 5.02 Å². The highest BCUT2D eigenvalue weighted by Crippen LogP contribution is 2.35. The zero-order chi connectivity index (χ0) is 24.5. The first-order valence-electron chi connectivity index (χ1n) is 11.4. The first-order chi connectivity index (χ1) is 16.9. The molecule has 0 aliphatic carbocycles. The van der Waals surface area contributed by atoms with Gasteiger partial charge in [0.15, 0.2) is 0 Å². The number of pyridine rings is 2. The fourth-order valence-electron chi connectivity index (χ4n) is 4.63. The number of aromatic carboxylic acids is 1. The minimum absolute atomic E-state index is 0.0848. The molecule has 2 aromatic carbocycles. The van der Waals surface area contributed by atoms with E-state index in [4.69, 9.17) is 16.3 Å². The molecule has 35 heavy (non-hydrogen) atoms. The lowest BCUT2D eigenvalue weighted by Gasteiger charge is -2.28. The largest absolute Gasteiger partial charge is 0.477 e. The van der Waals surface area contributed by atoms with E-state index in [2.05, 4.69) is 9.88 Å². The number of carbonyl (C=O) groups is 1. The third-order valence-electron chi connectivity index (χ3n) is 6.40. The van der Waals surface area contributed by atoms with E-state index in [1.165, 1.54) is 6.20 Å². The van der Waals surface area contributed by atoms with E-state index in [9.17, 15) is 14.7 Å². The van der Waals surface area contributed by atoms with Gasteiger partial charge in [-0.1, -0.05) is 35.9 Å². The van der Waals surface area contributed by atoms with Crippen LogP contribution in [0.5, 0.6) is 5.88 Å². The van der Waals surface area contributed by atoms with Gasteiger partial charge in [0.1, 0.15) is 12.2 Å². The zero-order valence-corrected chi connectivity index (χ0v) is 19.9. The molecular formula is C27H24ClN3O4. The third-order valence-corrected chi connectivity index (χ3v) is 6.70. The first-order valence-corrected chi connectivity index (χ1v) is 11.8. The molecule has 7 nitrogen and oxygen atoms in total. The van der Waals surface area contributed by atoms with E-state index in [1.807, 2.05) is 55.5 Å². The van der Waals surface area contributed by atoms with Crippen molar-refractivity contribution in [3.05, 3.63) is 93.4 Å². The van der Waals surface area contributed by atoms with Crippen LogP contribution in [0, 0.1) is 6.92 Å². The normalized spacial score (nSPS) is 15.5. The van der Waals surface area contributed by atoms with Gasteiger partial charge in [0.2, 0.25) is 11.3 Å². The molecule has 3 heterocycles. The number of rotatable bonds is 6. The maximum absolute atomic E-state index is 13.0. The molecule has 1 aliphatic rings. The zero-order valence-electron chi connectivity index (χ0n) is 19.1. The van der Waals surface area contributed by atoms with Crippen molar-refractivity contribution in [2.45, 2.75) is 25.8 Å². The highest BCUT2D eigenvalue weighted by atomic mass is 35.5. The Balaban J connectivity index is 1.58. The molecule has 2 aromatic heterocycles. The molecular weight excluding hydrogens is 466 g/mol. The Morgan fingerprint density at radius 2 is 2.00 bits per heavy atom. The molecule has 1 N–H and O–H groups in total. The van der Waals surface area contributed by atoms with Crippen LogP contribution in [0.4, 0.5) is 5.69 Å². The number of aromatic nitrogens is 2. The van der Waals surface area contributed by atoms with Crippen LogP contribution in [0.15, 0.2) is 71.8 Å². The molecule has 0 spiro atoms. The van der Waals surface area contributed by atoms with E-state index < -0.39 is 11.4 Å². The summed E-state index contributed by atoms with van der Waals surface area (Å²) in [5, 5.41) is 10.3. The Kier molecular flexibility index (Phi) is 6.17. The number of carboxylic acids is 1. The van der Waals surface area contributed by atoms with E-state index >= 15 is 0 Å². The maximum atomic E-state index is 13.0. The van der Waals surface area contributed by atoms with Crippen LogP contribution in [-0.2, 0) is 0 Å². The van der Waals surface area contributed by atoms with Crippen molar-refractivity contribution in [3.63, 3.8) is 0 Å². The Labute approximate surface area is 207 Å². The molecule has 4 aromatic rings. The summed E-state index contributed by atoms with van der Waals surface area (Å²) in [6.07, 6.45) is 5.01. The summed E-state index contributed by atoms with van der Waals surface area (Å²) in [6.45, 7) is 3.21. The van der Waals surface area contributed by atoms with Gasteiger partial charge in [-0.15, -0.1) is 0 Å². The molecule has 0 unspecified atom stereocenters. The Hall–Kier alpha value is -3.84. The Bertz CT molecular complexity index is 1470. The summed E-state index contributed by atoms with van der Waals surface area (Å²) < 4.78 is 7.77. The fraction of sp³-hybridized carbons (Fsp3) is 0.222. The summed E-state index contributed by atoms with van der Waals surface area (Å²) in [4.78, 5) is 31.3. The highest BCUT2D eigenvalue weighted by molar-refractivity contribution is 6.34. The van der Waals surface area contributed by atoms with Crippen LogP contribution in [0.3, 0.4) is 0 Å². The van der Waals surface area contributed by atoms with Gasteiger partial charge < -0.3 is 19.3 Å². The van der Waals surface area contributed by atoms with Crippen molar-refractivity contribution in [1.29, 1.82) is 0 Å². The van der Waals surface area contributed by atoms with E-state index in [0.29, 0.717) is 23.0 Å². The maximum Gasteiger partial charge on any atom is 0.341 e. The number of nitrogens with zero attached hydrogens (tertiary/aromatic N) is 3. The second-order valence-corrected chi connectivity index (χ2v) is 9.04. The van der Waals surface area contributed by atoms with Gasteiger partial charge in [-0.05, 0) is 50.1 Å². The van der Waals surface area contributed by atoms with E-state index in [0.717, 1.165) is 36.3 Å². The van der Waals surface area contributed by atoms with Crippen molar-refractivity contribution in [1.82, 2.24) is 9.55 Å². The predicted octanol–water partition coefficient (Wildman–Crippen LogP) is 5.09. The number of hydrogen-bond acceptors (Lipinski definition) is 5. The highest BCUT2D eigenvalue weighted by Gasteiger charge is 2.28. The fourth-order valence-corrected chi connectivity index (χ4v) is 4.90. The topological polar surface area (TPSA) is 84.7 Å². The summed E-state index contributed by atoms with van der Waals surface area (Å²) in [5.41, 5.74) is 2.25. The SMILES string of the molecule is Cc1cccnc1OC[C@H]1CCCN1c1cc2c(cc1Cl)c(=O)c(C(=O)O)cn2-c1ccccc1. The summed E-state index contributed by atoms with van der Waals surface area (Å²) in [7, 11) is 0. The summed E-state index contributed by atoms with van der Waals surface area (Å²) in [6, 6.07) is 16.7. The number of para-hydroxylation sites is 1. The van der Waals surface area contributed by atoms with Crippen molar-refractivity contribution in [3.8, 4) is 11.6 Å². The van der Waals surface area contributed by atoms with E-state index in [-0.39, 0.29) is 17.0 Å². The van der Waals surface area contributed by atoms with Crippen molar-refractivity contribution in [2.75, 3.05) is 18.1 Å². The first kappa shape index (κ1) is 22.9. The van der Waals surface area contributed by atoms with Gasteiger partial charge in [-0.2, -0.15) is 0 Å².